The number of hydrogen-bond acceptors (Lipinski definition) is 3. The average Bonchev–Trinajstić information content (AvgIpc) is 2.37. The van der Waals surface area contributed by atoms with Gasteiger partial charge in [0.25, 0.3) is 0 Å². The fourth-order valence-electron chi connectivity index (χ4n) is 1.61. The van der Waals surface area contributed by atoms with Crippen molar-refractivity contribution < 1.29 is 18.3 Å². The van der Waals surface area contributed by atoms with E-state index in [1.807, 2.05) is 13.8 Å². The van der Waals surface area contributed by atoms with Gasteiger partial charge in [-0.1, -0.05) is 6.92 Å². The van der Waals surface area contributed by atoms with Gasteiger partial charge in [-0.2, -0.15) is 0 Å². The van der Waals surface area contributed by atoms with E-state index in [2.05, 4.69) is 5.32 Å². The Bertz CT molecular complexity index is 363. The highest BCUT2D eigenvalue weighted by atomic mass is 19.1. The Labute approximate surface area is 112 Å². The lowest BCUT2D eigenvalue weighted by atomic mass is 10.2. The molecule has 1 rings (SSSR count). The first-order valence-electron chi connectivity index (χ1n) is 6.58. The molecule has 1 aromatic carbocycles. The van der Waals surface area contributed by atoms with E-state index in [0.717, 1.165) is 13.0 Å². The lowest BCUT2D eigenvalue weighted by molar-refractivity contribution is 0.107. The summed E-state index contributed by atoms with van der Waals surface area (Å²) >= 11 is 0. The van der Waals surface area contributed by atoms with Gasteiger partial charge < -0.3 is 14.8 Å². The van der Waals surface area contributed by atoms with Gasteiger partial charge in [-0.05, 0) is 37.6 Å². The number of ether oxygens (including phenoxy) is 2. The third kappa shape index (κ3) is 5.53. The van der Waals surface area contributed by atoms with Crippen molar-refractivity contribution in [1.29, 1.82) is 0 Å². The van der Waals surface area contributed by atoms with Crippen LogP contribution in [0.15, 0.2) is 12.1 Å². The van der Waals surface area contributed by atoms with Gasteiger partial charge in [0.05, 0.1) is 6.61 Å². The van der Waals surface area contributed by atoms with E-state index in [1.54, 1.807) is 0 Å². The number of hydrogen-bond donors (Lipinski definition) is 1. The van der Waals surface area contributed by atoms with Gasteiger partial charge in [-0.25, -0.2) is 8.78 Å². The molecule has 0 amide bonds. The molecule has 0 atom stereocenters. The first kappa shape index (κ1) is 15.9. The van der Waals surface area contributed by atoms with Crippen LogP contribution in [0.4, 0.5) is 8.78 Å². The lowest BCUT2D eigenvalue weighted by Gasteiger charge is -2.10. The summed E-state index contributed by atoms with van der Waals surface area (Å²) in [6, 6.07) is 2.59. The second-order valence-electron chi connectivity index (χ2n) is 4.11. The van der Waals surface area contributed by atoms with E-state index in [1.165, 1.54) is 12.1 Å². The zero-order valence-corrected chi connectivity index (χ0v) is 11.5. The van der Waals surface area contributed by atoms with E-state index in [0.29, 0.717) is 25.3 Å². The molecule has 5 heteroatoms. The molecule has 0 saturated carbocycles. The maximum atomic E-state index is 13.7. The Balaban J connectivity index is 2.58. The van der Waals surface area contributed by atoms with Crippen molar-refractivity contribution in [2.24, 2.45) is 0 Å². The van der Waals surface area contributed by atoms with Crippen LogP contribution in [0, 0.1) is 11.6 Å². The normalized spacial score (nSPS) is 10.7. The number of rotatable bonds is 9. The van der Waals surface area contributed by atoms with Gasteiger partial charge in [0.15, 0.2) is 17.4 Å². The largest absolute Gasteiger partial charge is 0.485 e. The Morgan fingerprint density at radius 1 is 1.11 bits per heavy atom. The minimum absolute atomic E-state index is 0.134. The zero-order chi connectivity index (χ0) is 14.1. The fourth-order valence-corrected chi connectivity index (χ4v) is 1.61. The molecule has 3 nitrogen and oxygen atoms in total. The van der Waals surface area contributed by atoms with Gasteiger partial charge in [0.1, 0.15) is 6.61 Å². The Hall–Kier alpha value is -1.20. The van der Waals surface area contributed by atoms with Crippen LogP contribution in [0.1, 0.15) is 25.8 Å². The van der Waals surface area contributed by atoms with Crippen LogP contribution in [-0.2, 0) is 11.3 Å². The van der Waals surface area contributed by atoms with Crippen LogP contribution in [0.2, 0.25) is 0 Å². The van der Waals surface area contributed by atoms with Crippen LogP contribution < -0.4 is 10.1 Å². The topological polar surface area (TPSA) is 30.5 Å². The molecule has 0 fully saturated rings. The van der Waals surface area contributed by atoms with E-state index >= 15 is 0 Å². The number of nitrogens with one attached hydrogen (secondary N) is 1. The lowest BCUT2D eigenvalue weighted by Crippen LogP contribution is -2.14. The quantitative estimate of drug-likeness (QED) is 0.702. The van der Waals surface area contributed by atoms with E-state index in [-0.39, 0.29) is 12.4 Å². The van der Waals surface area contributed by atoms with Crippen molar-refractivity contribution in [2.45, 2.75) is 26.8 Å². The molecule has 0 aliphatic heterocycles. The summed E-state index contributed by atoms with van der Waals surface area (Å²) in [6.45, 7) is 6.14. The van der Waals surface area contributed by atoms with Crippen LogP contribution in [-0.4, -0.2) is 26.4 Å². The van der Waals surface area contributed by atoms with Gasteiger partial charge in [0, 0.05) is 13.2 Å². The first-order chi connectivity index (χ1) is 9.19. The van der Waals surface area contributed by atoms with Gasteiger partial charge in [-0.15, -0.1) is 0 Å². The zero-order valence-electron chi connectivity index (χ0n) is 11.5. The van der Waals surface area contributed by atoms with Crippen LogP contribution in [0.25, 0.3) is 0 Å². The monoisotopic (exact) mass is 273 g/mol. The molecule has 0 heterocycles. The third-order valence-corrected chi connectivity index (χ3v) is 2.49. The second kappa shape index (κ2) is 8.82. The summed E-state index contributed by atoms with van der Waals surface area (Å²) in [5.74, 6) is -1.69. The predicted molar refractivity (Wildman–Crippen MR) is 70.3 cm³/mol. The van der Waals surface area contributed by atoms with E-state index in [9.17, 15) is 8.78 Å². The van der Waals surface area contributed by atoms with Crippen molar-refractivity contribution in [3.8, 4) is 5.75 Å². The maximum absolute atomic E-state index is 13.7. The van der Waals surface area contributed by atoms with E-state index < -0.39 is 11.6 Å². The molecule has 0 radical (unpaired) electrons. The molecule has 0 unspecified atom stereocenters. The third-order valence-electron chi connectivity index (χ3n) is 2.49. The number of halogens is 2. The first-order valence-corrected chi connectivity index (χ1v) is 6.58. The molecule has 0 spiro atoms. The maximum Gasteiger partial charge on any atom is 0.190 e. The Morgan fingerprint density at radius 3 is 2.37 bits per heavy atom. The van der Waals surface area contributed by atoms with Crippen molar-refractivity contribution >= 4 is 0 Å². The minimum atomic E-state index is -0.676. The molecule has 1 aromatic rings. The Morgan fingerprint density at radius 2 is 1.79 bits per heavy atom. The molecule has 108 valence electrons. The SMILES string of the molecule is CCCNCc1cc(F)c(OCCOCC)c(F)c1. The summed E-state index contributed by atoms with van der Waals surface area (Å²) in [5.41, 5.74) is 0.570. The predicted octanol–water partition coefficient (Wildman–Crippen LogP) is 2.88. The minimum Gasteiger partial charge on any atom is -0.485 e. The summed E-state index contributed by atoms with van der Waals surface area (Å²) < 4.78 is 37.5. The highest BCUT2D eigenvalue weighted by Gasteiger charge is 2.12. The molecule has 19 heavy (non-hydrogen) atoms. The van der Waals surface area contributed by atoms with Crippen LogP contribution in [0.3, 0.4) is 0 Å². The fraction of sp³-hybridized carbons (Fsp3) is 0.571. The molecular weight excluding hydrogens is 252 g/mol. The highest BCUT2D eigenvalue weighted by Crippen LogP contribution is 2.23. The Kier molecular flexibility index (Phi) is 7.36. The molecule has 1 N–H and O–H groups in total. The summed E-state index contributed by atoms with van der Waals surface area (Å²) in [7, 11) is 0. The van der Waals surface area contributed by atoms with Crippen LogP contribution in [0.5, 0.6) is 5.75 Å². The van der Waals surface area contributed by atoms with Crippen molar-refractivity contribution in [3.05, 3.63) is 29.3 Å². The molecule has 0 aliphatic carbocycles. The average molecular weight is 273 g/mol. The standard InChI is InChI=1S/C14H21F2NO2/c1-3-5-17-10-11-8-12(15)14(13(16)9-11)19-7-6-18-4-2/h8-9,17H,3-7,10H2,1-2H3. The smallest absolute Gasteiger partial charge is 0.190 e. The van der Waals surface area contributed by atoms with Crippen molar-refractivity contribution in [3.63, 3.8) is 0 Å². The molecule has 0 aromatic heterocycles. The number of benzene rings is 1. The van der Waals surface area contributed by atoms with E-state index in [4.69, 9.17) is 9.47 Å². The molecule has 0 saturated heterocycles. The highest BCUT2D eigenvalue weighted by molar-refractivity contribution is 5.31. The van der Waals surface area contributed by atoms with Gasteiger partial charge in [-0.3, -0.25) is 0 Å². The summed E-state index contributed by atoms with van der Waals surface area (Å²) in [5, 5.41) is 3.09. The van der Waals surface area contributed by atoms with Crippen molar-refractivity contribution in [2.75, 3.05) is 26.4 Å². The van der Waals surface area contributed by atoms with Crippen LogP contribution >= 0.6 is 0 Å². The van der Waals surface area contributed by atoms with Gasteiger partial charge >= 0.3 is 0 Å². The van der Waals surface area contributed by atoms with Gasteiger partial charge in [0.2, 0.25) is 0 Å². The molecule has 0 aliphatic rings. The van der Waals surface area contributed by atoms with Crippen molar-refractivity contribution in [1.82, 2.24) is 5.32 Å². The molecule has 0 bridgehead atoms. The summed E-state index contributed by atoms with van der Waals surface area (Å²) in [6.07, 6.45) is 0.976. The molecular formula is C14H21F2NO2. The summed E-state index contributed by atoms with van der Waals surface area (Å²) in [4.78, 5) is 0. The second-order valence-corrected chi connectivity index (χ2v) is 4.11.